The van der Waals surface area contributed by atoms with Crippen LogP contribution in [0, 0.1) is 0 Å². The molecule has 0 bridgehead atoms. The Balaban J connectivity index is 2.53. The maximum absolute atomic E-state index is 9.02. The van der Waals surface area contributed by atoms with Crippen molar-refractivity contribution in [3.8, 4) is 11.1 Å². The van der Waals surface area contributed by atoms with Crippen molar-refractivity contribution in [2.45, 2.75) is 6.42 Å². The first-order valence-electron chi connectivity index (χ1n) is 5.50. The van der Waals surface area contributed by atoms with Crippen LogP contribution in [0.15, 0.2) is 29.0 Å². The number of thiophene rings is 1. The summed E-state index contributed by atoms with van der Waals surface area (Å²) in [6.45, 7) is 0.149. The van der Waals surface area contributed by atoms with E-state index in [0.717, 1.165) is 28.1 Å². The van der Waals surface area contributed by atoms with Gasteiger partial charge in [-0.2, -0.15) is 11.3 Å². The number of nitrogens with two attached hydrogens (primary N) is 1. The first kappa shape index (κ1) is 12.0. The van der Waals surface area contributed by atoms with Gasteiger partial charge in [-0.15, -0.1) is 0 Å². The highest BCUT2D eigenvalue weighted by Gasteiger charge is 2.09. The summed E-state index contributed by atoms with van der Waals surface area (Å²) in [4.78, 5) is 0. The highest BCUT2D eigenvalue weighted by Crippen LogP contribution is 2.34. The highest BCUT2D eigenvalue weighted by atomic mass is 32.1. The van der Waals surface area contributed by atoms with Gasteiger partial charge in [0.15, 0.2) is 0 Å². The van der Waals surface area contributed by atoms with Gasteiger partial charge in [-0.3, -0.25) is 0 Å². The van der Waals surface area contributed by atoms with Crippen LogP contribution in [0.4, 0.5) is 11.4 Å². The fourth-order valence-corrected chi connectivity index (χ4v) is 2.51. The summed E-state index contributed by atoms with van der Waals surface area (Å²) in [6.07, 6.45) is 0.645. The number of hydrogen-bond donors (Lipinski definition) is 3. The summed E-state index contributed by atoms with van der Waals surface area (Å²) in [5.74, 6) is 0. The number of anilines is 2. The molecule has 0 amide bonds. The first-order chi connectivity index (χ1) is 8.26. The van der Waals surface area contributed by atoms with Gasteiger partial charge in [-0.25, -0.2) is 0 Å². The zero-order valence-corrected chi connectivity index (χ0v) is 10.6. The van der Waals surface area contributed by atoms with Gasteiger partial charge in [0.05, 0.1) is 11.4 Å². The lowest BCUT2D eigenvalue weighted by atomic mass is 10.0. The van der Waals surface area contributed by atoms with E-state index in [4.69, 9.17) is 10.8 Å². The van der Waals surface area contributed by atoms with Gasteiger partial charge in [0.1, 0.15) is 0 Å². The molecule has 2 rings (SSSR count). The molecule has 90 valence electrons. The Morgan fingerprint density at radius 3 is 2.82 bits per heavy atom. The molecule has 0 atom stereocenters. The molecule has 3 nitrogen and oxygen atoms in total. The molecule has 2 aromatic rings. The van der Waals surface area contributed by atoms with E-state index < -0.39 is 0 Å². The molecule has 0 radical (unpaired) electrons. The van der Waals surface area contributed by atoms with Crippen molar-refractivity contribution in [2.24, 2.45) is 0 Å². The molecule has 0 unspecified atom stereocenters. The average molecular weight is 248 g/mol. The molecule has 17 heavy (non-hydrogen) atoms. The largest absolute Gasteiger partial charge is 0.397 e. The Hall–Kier alpha value is -1.52. The van der Waals surface area contributed by atoms with E-state index in [1.165, 1.54) is 0 Å². The van der Waals surface area contributed by atoms with Crippen LogP contribution in [-0.4, -0.2) is 18.8 Å². The van der Waals surface area contributed by atoms with Gasteiger partial charge in [0.25, 0.3) is 0 Å². The fourth-order valence-electron chi connectivity index (χ4n) is 1.85. The van der Waals surface area contributed by atoms with Gasteiger partial charge in [0.2, 0.25) is 0 Å². The van der Waals surface area contributed by atoms with Crippen LogP contribution >= 0.6 is 11.3 Å². The predicted octanol–water partition coefficient (Wildman–Crippen LogP) is 2.57. The summed E-state index contributed by atoms with van der Waals surface area (Å²) < 4.78 is 0. The molecule has 0 aliphatic carbocycles. The minimum absolute atomic E-state index is 0.149. The third-order valence-corrected chi connectivity index (χ3v) is 3.43. The Labute approximate surface area is 105 Å². The van der Waals surface area contributed by atoms with E-state index in [1.807, 2.05) is 18.5 Å². The standard InChI is InChI=1S/C13H16N2OS/c1-15-12-7-9(2-4-16)6-11(13(12)14)10-3-5-17-8-10/h3,5-8,15-16H,2,4,14H2,1H3. The molecule has 1 heterocycles. The summed E-state index contributed by atoms with van der Waals surface area (Å²) >= 11 is 1.65. The summed E-state index contributed by atoms with van der Waals surface area (Å²) in [5.41, 5.74) is 11.0. The van der Waals surface area contributed by atoms with E-state index in [-0.39, 0.29) is 6.61 Å². The molecule has 1 aromatic heterocycles. The molecule has 0 aliphatic rings. The van der Waals surface area contributed by atoms with E-state index in [1.54, 1.807) is 11.3 Å². The molecule has 0 aliphatic heterocycles. The van der Waals surface area contributed by atoms with E-state index in [9.17, 15) is 0 Å². The number of hydrogen-bond acceptors (Lipinski definition) is 4. The Morgan fingerprint density at radius 1 is 1.41 bits per heavy atom. The summed E-state index contributed by atoms with van der Waals surface area (Å²) in [5, 5.41) is 16.2. The van der Waals surface area contributed by atoms with Crippen molar-refractivity contribution < 1.29 is 5.11 Å². The second kappa shape index (κ2) is 5.21. The number of benzene rings is 1. The van der Waals surface area contributed by atoms with Gasteiger partial charge < -0.3 is 16.2 Å². The van der Waals surface area contributed by atoms with Crippen LogP contribution in [-0.2, 0) is 6.42 Å². The third kappa shape index (κ3) is 2.43. The number of nitrogen functional groups attached to an aromatic ring is 1. The molecular formula is C13H16N2OS. The fraction of sp³-hybridized carbons (Fsp3) is 0.231. The third-order valence-electron chi connectivity index (χ3n) is 2.74. The maximum atomic E-state index is 9.02. The Bertz CT molecular complexity index is 494. The Morgan fingerprint density at radius 2 is 2.24 bits per heavy atom. The number of aliphatic hydroxyl groups is 1. The lowest BCUT2D eigenvalue weighted by Crippen LogP contribution is -2.01. The van der Waals surface area contributed by atoms with Crippen LogP contribution in [0.2, 0.25) is 0 Å². The van der Waals surface area contributed by atoms with Crippen molar-refractivity contribution in [1.29, 1.82) is 0 Å². The number of nitrogens with one attached hydrogen (secondary N) is 1. The van der Waals surface area contributed by atoms with Crippen LogP contribution in [0.1, 0.15) is 5.56 Å². The van der Waals surface area contributed by atoms with E-state index in [2.05, 4.69) is 22.8 Å². The minimum atomic E-state index is 0.149. The van der Waals surface area contributed by atoms with Gasteiger partial charge >= 0.3 is 0 Å². The normalized spacial score (nSPS) is 10.5. The lowest BCUT2D eigenvalue weighted by molar-refractivity contribution is 0.299. The lowest BCUT2D eigenvalue weighted by Gasteiger charge is -2.13. The van der Waals surface area contributed by atoms with Crippen LogP contribution in [0.25, 0.3) is 11.1 Å². The van der Waals surface area contributed by atoms with E-state index in [0.29, 0.717) is 6.42 Å². The topological polar surface area (TPSA) is 58.3 Å². The molecule has 0 fully saturated rings. The molecule has 4 N–H and O–H groups in total. The summed E-state index contributed by atoms with van der Waals surface area (Å²) in [6, 6.07) is 6.09. The second-order valence-corrected chi connectivity index (χ2v) is 4.62. The van der Waals surface area contributed by atoms with Crippen LogP contribution in [0.5, 0.6) is 0 Å². The predicted molar refractivity (Wildman–Crippen MR) is 74.5 cm³/mol. The highest BCUT2D eigenvalue weighted by molar-refractivity contribution is 7.08. The second-order valence-electron chi connectivity index (χ2n) is 3.84. The van der Waals surface area contributed by atoms with Crippen LogP contribution < -0.4 is 11.1 Å². The van der Waals surface area contributed by atoms with Crippen LogP contribution in [0.3, 0.4) is 0 Å². The molecule has 0 saturated carbocycles. The van der Waals surface area contributed by atoms with Gasteiger partial charge in [-0.05, 0) is 46.5 Å². The van der Waals surface area contributed by atoms with Crippen molar-refractivity contribution in [3.05, 3.63) is 34.5 Å². The molecule has 1 aromatic carbocycles. The minimum Gasteiger partial charge on any atom is -0.397 e. The SMILES string of the molecule is CNc1cc(CCO)cc(-c2ccsc2)c1N. The Kier molecular flexibility index (Phi) is 3.66. The first-order valence-corrected chi connectivity index (χ1v) is 6.44. The maximum Gasteiger partial charge on any atom is 0.0629 e. The van der Waals surface area contributed by atoms with Crippen molar-refractivity contribution in [1.82, 2.24) is 0 Å². The molecular weight excluding hydrogens is 232 g/mol. The van der Waals surface area contributed by atoms with Crippen molar-refractivity contribution in [2.75, 3.05) is 24.7 Å². The molecule has 0 spiro atoms. The van der Waals surface area contributed by atoms with Crippen molar-refractivity contribution >= 4 is 22.7 Å². The smallest absolute Gasteiger partial charge is 0.0629 e. The molecule has 0 saturated heterocycles. The number of rotatable bonds is 4. The monoisotopic (exact) mass is 248 g/mol. The van der Waals surface area contributed by atoms with Gasteiger partial charge in [-0.1, -0.05) is 0 Å². The average Bonchev–Trinajstić information content (AvgIpc) is 2.85. The zero-order chi connectivity index (χ0) is 12.3. The quantitative estimate of drug-likeness (QED) is 0.729. The molecule has 4 heteroatoms. The number of aliphatic hydroxyl groups excluding tert-OH is 1. The zero-order valence-electron chi connectivity index (χ0n) is 9.73. The van der Waals surface area contributed by atoms with E-state index >= 15 is 0 Å². The van der Waals surface area contributed by atoms with Crippen molar-refractivity contribution in [3.63, 3.8) is 0 Å². The van der Waals surface area contributed by atoms with Gasteiger partial charge in [0, 0.05) is 19.2 Å². The summed E-state index contributed by atoms with van der Waals surface area (Å²) in [7, 11) is 1.85.